The molecule has 10 heavy (non-hydrogen) atoms. The Kier molecular flexibility index (Phi) is 2.50. The van der Waals surface area contributed by atoms with Gasteiger partial charge >= 0.3 is 0 Å². The van der Waals surface area contributed by atoms with Gasteiger partial charge in [-0.25, -0.2) is 0 Å². The SMILES string of the molecule is C1CCC2SSCCC2C1. The molecule has 0 amide bonds. The average molecular weight is 174 g/mol. The van der Waals surface area contributed by atoms with Crippen LogP contribution in [0, 0.1) is 5.92 Å². The summed E-state index contributed by atoms with van der Waals surface area (Å²) in [4.78, 5) is 0. The molecule has 0 spiro atoms. The van der Waals surface area contributed by atoms with Crippen molar-refractivity contribution in [3.63, 3.8) is 0 Å². The largest absolute Gasteiger partial charge is 0.0939 e. The molecular weight excluding hydrogens is 160 g/mol. The molecule has 0 radical (unpaired) electrons. The van der Waals surface area contributed by atoms with E-state index in [4.69, 9.17) is 0 Å². The maximum atomic E-state index is 2.16. The van der Waals surface area contributed by atoms with Gasteiger partial charge in [0.25, 0.3) is 0 Å². The fraction of sp³-hybridized carbons (Fsp3) is 1.00. The topological polar surface area (TPSA) is 0 Å². The van der Waals surface area contributed by atoms with Crippen LogP contribution >= 0.6 is 21.6 Å². The van der Waals surface area contributed by atoms with Crippen LogP contribution in [-0.4, -0.2) is 11.0 Å². The Morgan fingerprint density at radius 1 is 1.00 bits per heavy atom. The van der Waals surface area contributed by atoms with Crippen molar-refractivity contribution in [2.45, 2.75) is 37.4 Å². The van der Waals surface area contributed by atoms with Crippen LogP contribution in [0.2, 0.25) is 0 Å². The molecule has 2 heteroatoms. The lowest BCUT2D eigenvalue weighted by Crippen LogP contribution is -2.24. The van der Waals surface area contributed by atoms with Crippen LogP contribution in [0.3, 0.4) is 0 Å². The zero-order valence-electron chi connectivity index (χ0n) is 6.21. The van der Waals surface area contributed by atoms with E-state index in [1.54, 1.807) is 0 Å². The molecule has 2 unspecified atom stereocenters. The molecule has 0 N–H and O–H groups in total. The van der Waals surface area contributed by atoms with E-state index in [1.807, 2.05) is 0 Å². The highest BCUT2D eigenvalue weighted by molar-refractivity contribution is 8.77. The van der Waals surface area contributed by atoms with Crippen molar-refractivity contribution in [2.24, 2.45) is 5.92 Å². The Bertz CT molecular complexity index is 87.8. The van der Waals surface area contributed by atoms with Gasteiger partial charge in [-0.2, -0.15) is 0 Å². The monoisotopic (exact) mass is 174 g/mol. The van der Waals surface area contributed by atoms with Crippen molar-refractivity contribution < 1.29 is 0 Å². The predicted octanol–water partition coefficient (Wildman–Crippen LogP) is 3.33. The van der Waals surface area contributed by atoms with Crippen LogP contribution in [0.15, 0.2) is 0 Å². The van der Waals surface area contributed by atoms with Gasteiger partial charge in [-0.3, -0.25) is 0 Å². The Balaban J connectivity index is 1.93. The van der Waals surface area contributed by atoms with Gasteiger partial charge in [0.2, 0.25) is 0 Å². The van der Waals surface area contributed by atoms with Crippen LogP contribution in [0.1, 0.15) is 32.1 Å². The van der Waals surface area contributed by atoms with E-state index < -0.39 is 0 Å². The number of hydrogen-bond donors (Lipinski definition) is 0. The Morgan fingerprint density at radius 2 is 1.90 bits per heavy atom. The first-order chi connectivity index (χ1) is 4.97. The second-order valence-corrected chi connectivity index (χ2v) is 6.02. The molecule has 0 nitrogen and oxygen atoms in total. The van der Waals surface area contributed by atoms with Crippen molar-refractivity contribution in [3.8, 4) is 0 Å². The summed E-state index contributed by atoms with van der Waals surface area (Å²) in [6.07, 6.45) is 7.53. The summed E-state index contributed by atoms with van der Waals surface area (Å²) in [6, 6.07) is 0. The van der Waals surface area contributed by atoms with Crippen molar-refractivity contribution in [2.75, 3.05) is 5.75 Å². The van der Waals surface area contributed by atoms with E-state index in [1.165, 1.54) is 37.9 Å². The molecule has 2 rings (SSSR count). The van der Waals surface area contributed by atoms with Gasteiger partial charge in [-0.1, -0.05) is 34.4 Å². The van der Waals surface area contributed by atoms with Gasteiger partial charge in [-0.15, -0.1) is 0 Å². The van der Waals surface area contributed by atoms with Gasteiger partial charge in [0.1, 0.15) is 0 Å². The average Bonchev–Trinajstić information content (AvgIpc) is 2.05. The van der Waals surface area contributed by atoms with E-state index in [0.717, 1.165) is 11.2 Å². The molecule has 58 valence electrons. The molecule has 1 saturated heterocycles. The lowest BCUT2D eigenvalue weighted by atomic mass is 9.87. The maximum Gasteiger partial charge on any atom is 0.0180 e. The quantitative estimate of drug-likeness (QED) is 0.517. The minimum Gasteiger partial charge on any atom is -0.0939 e. The van der Waals surface area contributed by atoms with Crippen molar-refractivity contribution in [1.82, 2.24) is 0 Å². The second-order valence-electron chi connectivity index (χ2n) is 3.29. The summed E-state index contributed by atoms with van der Waals surface area (Å²) in [6.45, 7) is 0. The third-order valence-corrected chi connectivity index (χ3v) is 5.66. The van der Waals surface area contributed by atoms with Crippen molar-refractivity contribution >= 4 is 21.6 Å². The Hall–Kier alpha value is 0.700. The highest BCUT2D eigenvalue weighted by Crippen LogP contribution is 2.45. The van der Waals surface area contributed by atoms with Gasteiger partial charge in [0.05, 0.1) is 0 Å². The molecule has 1 aliphatic carbocycles. The van der Waals surface area contributed by atoms with Gasteiger partial charge < -0.3 is 0 Å². The Labute approximate surface area is 70.9 Å². The lowest BCUT2D eigenvalue weighted by Gasteiger charge is -2.33. The minimum absolute atomic E-state index is 1.03. The third-order valence-electron chi connectivity index (χ3n) is 2.60. The van der Waals surface area contributed by atoms with Gasteiger partial charge in [-0.05, 0) is 25.2 Å². The Morgan fingerprint density at radius 3 is 2.80 bits per heavy atom. The molecule has 2 aliphatic rings. The van der Waals surface area contributed by atoms with E-state index in [-0.39, 0.29) is 0 Å². The summed E-state index contributed by atoms with van der Waals surface area (Å²) < 4.78 is 0. The normalized spacial score (nSPS) is 40.8. The fourth-order valence-corrected chi connectivity index (χ4v) is 5.19. The molecule has 2 fully saturated rings. The second kappa shape index (κ2) is 3.40. The predicted molar refractivity (Wildman–Crippen MR) is 50.4 cm³/mol. The summed E-state index contributed by atoms with van der Waals surface area (Å²) in [7, 11) is 4.26. The molecule has 1 heterocycles. The third kappa shape index (κ3) is 1.48. The molecule has 0 aromatic carbocycles. The van der Waals surface area contributed by atoms with E-state index in [9.17, 15) is 0 Å². The van der Waals surface area contributed by atoms with Crippen LogP contribution < -0.4 is 0 Å². The standard InChI is InChI=1S/C8H14S2/c1-2-4-8-7(3-1)5-6-9-10-8/h7-8H,1-6H2. The summed E-state index contributed by atoms with van der Waals surface area (Å²) in [5, 5.41) is 1.03. The van der Waals surface area contributed by atoms with Crippen LogP contribution in [0.5, 0.6) is 0 Å². The molecule has 1 saturated carbocycles. The summed E-state index contributed by atoms with van der Waals surface area (Å²) in [5.74, 6) is 2.51. The molecule has 0 aromatic rings. The smallest absolute Gasteiger partial charge is 0.0180 e. The zero-order chi connectivity index (χ0) is 6.81. The van der Waals surface area contributed by atoms with Gasteiger partial charge in [0.15, 0.2) is 0 Å². The summed E-state index contributed by atoms with van der Waals surface area (Å²) in [5.41, 5.74) is 0. The number of hydrogen-bond acceptors (Lipinski definition) is 2. The maximum absolute atomic E-state index is 2.16. The first kappa shape index (κ1) is 7.35. The van der Waals surface area contributed by atoms with E-state index in [2.05, 4.69) is 21.6 Å². The van der Waals surface area contributed by atoms with Crippen molar-refractivity contribution in [1.29, 1.82) is 0 Å². The molecular formula is C8H14S2. The number of fused-ring (bicyclic) bond motifs is 1. The summed E-state index contributed by atoms with van der Waals surface area (Å²) >= 11 is 0. The molecule has 0 bridgehead atoms. The highest BCUT2D eigenvalue weighted by Gasteiger charge is 2.28. The molecule has 1 aliphatic heterocycles. The van der Waals surface area contributed by atoms with E-state index >= 15 is 0 Å². The van der Waals surface area contributed by atoms with Crippen molar-refractivity contribution in [3.05, 3.63) is 0 Å². The molecule has 2 atom stereocenters. The van der Waals surface area contributed by atoms with Crippen LogP contribution in [0.4, 0.5) is 0 Å². The van der Waals surface area contributed by atoms with Crippen LogP contribution in [0.25, 0.3) is 0 Å². The number of rotatable bonds is 0. The first-order valence-corrected chi connectivity index (χ1v) is 6.63. The lowest BCUT2D eigenvalue weighted by molar-refractivity contribution is 0.363. The highest BCUT2D eigenvalue weighted by atomic mass is 33.1. The van der Waals surface area contributed by atoms with Crippen LogP contribution in [-0.2, 0) is 0 Å². The molecule has 0 aromatic heterocycles. The minimum atomic E-state index is 1.03. The van der Waals surface area contributed by atoms with E-state index in [0.29, 0.717) is 0 Å². The fourth-order valence-electron chi connectivity index (χ4n) is 1.97. The zero-order valence-corrected chi connectivity index (χ0v) is 7.85. The first-order valence-electron chi connectivity index (χ1n) is 4.25. The van der Waals surface area contributed by atoms with Gasteiger partial charge in [0, 0.05) is 11.0 Å².